The van der Waals surface area contributed by atoms with Gasteiger partial charge in [0.15, 0.2) is 0 Å². The van der Waals surface area contributed by atoms with E-state index in [-0.39, 0.29) is 0 Å². The lowest BCUT2D eigenvalue weighted by Crippen LogP contribution is -1.98. The molecule has 1 unspecified atom stereocenters. The minimum absolute atomic E-state index is 0.478. The topological polar surface area (TPSA) is 33.4 Å². The molecule has 1 atom stereocenters. The Kier molecular flexibility index (Phi) is 3.99. The zero-order valence-electron chi connectivity index (χ0n) is 10.1. The first-order valence-corrected chi connectivity index (χ1v) is 6.03. The molecular weight excluding hydrogens is 212 g/mol. The second kappa shape index (κ2) is 5.69. The van der Waals surface area contributed by atoms with E-state index in [9.17, 15) is 5.11 Å². The molecule has 2 nitrogen and oxygen atoms in total. The van der Waals surface area contributed by atoms with Crippen molar-refractivity contribution in [3.63, 3.8) is 0 Å². The van der Waals surface area contributed by atoms with E-state index in [1.54, 1.807) is 6.26 Å². The molecule has 1 N–H and O–H groups in total. The van der Waals surface area contributed by atoms with Crippen molar-refractivity contribution in [2.75, 3.05) is 0 Å². The van der Waals surface area contributed by atoms with Gasteiger partial charge < -0.3 is 9.52 Å². The van der Waals surface area contributed by atoms with Crippen LogP contribution in [0.1, 0.15) is 35.8 Å². The lowest BCUT2D eigenvalue weighted by molar-refractivity contribution is 0.137. The molecule has 0 saturated carbocycles. The maximum absolute atomic E-state index is 9.97. The van der Waals surface area contributed by atoms with Crippen molar-refractivity contribution in [1.29, 1.82) is 0 Å². The van der Waals surface area contributed by atoms with Gasteiger partial charge in [-0.1, -0.05) is 30.3 Å². The van der Waals surface area contributed by atoms with Gasteiger partial charge in [-0.15, -0.1) is 0 Å². The quantitative estimate of drug-likeness (QED) is 0.850. The molecule has 0 amide bonds. The summed E-state index contributed by atoms with van der Waals surface area (Å²) in [6.45, 7) is 1.96. The molecule has 2 rings (SSSR count). The first-order chi connectivity index (χ1) is 8.27. The predicted octanol–water partition coefficient (Wildman–Crippen LogP) is 3.64. The molecule has 0 aliphatic heterocycles. The first kappa shape index (κ1) is 11.9. The summed E-state index contributed by atoms with van der Waals surface area (Å²) >= 11 is 0. The van der Waals surface area contributed by atoms with Crippen molar-refractivity contribution in [3.8, 4) is 0 Å². The lowest BCUT2D eigenvalue weighted by atomic mass is 10.0. The Morgan fingerprint density at radius 3 is 2.59 bits per heavy atom. The summed E-state index contributed by atoms with van der Waals surface area (Å²) in [4.78, 5) is 0. The monoisotopic (exact) mass is 230 g/mol. The highest BCUT2D eigenvalue weighted by molar-refractivity contribution is 5.17. The van der Waals surface area contributed by atoms with Crippen molar-refractivity contribution < 1.29 is 9.52 Å². The fourth-order valence-corrected chi connectivity index (χ4v) is 2.00. The Morgan fingerprint density at radius 2 is 1.94 bits per heavy atom. The van der Waals surface area contributed by atoms with Gasteiger partial charge >= 0.3 is 0 Å². The Hall–Kier alpha value is -1.54. The largest absolute Gasteiger partial charge is 0.466 e. The summed E-state index contributed by atoms with van der Waals surface area (Å²) < 4.78 is 5.28. The number of aryl methyl sites for hydroxylation is 2. The predicted molar refractivity (Wildman–Crippen MR) is 67.8 cm³/mol. The van der Waals surface area contributed by atoms with Crippen molar-refractivity contribution >= 4 is 0 Å². The zero-order valence-corrected chi connectivity index (χ0v) is 10.1. The third-order valence-electron chi connectivity index (χ3n) is 2.99. The van der Waals surface area contributed by atoms with Crippen LogP contribution >= 0.6 is 0 Å². The van der Waals surface area contributed by atoms with Crippen LogP contribution in [0.3, 0.4) is 0 Å². The maximum Gasteiger partial charge on any atom is 0.135 e. The van der Waals surface area contributed by atoms with E-state index in [0.29, 0.717) is 5.76 Å². The second-order valence-corrected chi connectivity index (χ2v) is 4.36. The van der Waals surface area contributed by atoms with Gasteiger partial charge in [0, 0.05) is 0 Å². The third kappa shape index (κ3) is 3.21. The van der Waals surface area contributed by atoms with Crippen LogP contribution in [0.5, 0.6) is 0 Å². The first-order valence-electron chi connectivity index (χ1n) is 6.03. The molecule has 0 bridgehead atoms. The molecule has 0 aliphatic carbocycles. The van der Waals surface area contributed by atoms with E-state index in [2.05, 4.69) is 12.1 Å². The maximum atomic E-state index is 9.97. The number of benzene rings is 1. The van der Waals surface area contributed by atoms with Crippen molar-refractivity contribution in [3.05, 3.63) is 59.5 Å². The van der Waals surface area contributed by atoms with Gasteiger partial charge in [-0.3, -0.25) is 0 Å². The summed E-state index contributed by atoms with van der Waals surface area (Å²) in [5.41, 5.74) is 2.34. The summed E-state index contributed by atoms with van der Waals surface area (Å²) in [5.74, 6) is 0.707. The van der Waals surface area contributed by atoms with E-state index in [1.165, 1.54) is 5.56 Å². The molecule has 0 fully saturated rings. The van der Waals surface area contributed by atoms with Crippen LogP contribution < -0.4 is 0 Å². The highest BCUT2D eigenvalue weighted by Crippen LogP contribution is 2.23. The van der Waals surface area contributed by atoms with E-state index in [4.69, 9.17) is 4.42 Å². The summed E-state index contributed by atoms with van der Waals surface area (Å²) in [6.07, 6.45) is 3.85. The average Bonchev–Trinajstić information content (AvgIpc) is 2.77. The summed E-state index contributed by atoms with van der Waals surface area (Å²) in [6, 6.07) is 12.2. The number of hydrogen-bond acceptors (Lipinski definition) is 2. The van der Waals surface area contributed by atoms with Crippen LogP contribution in [0.4, 0.5) is 0 Å². The van der Waals surface area contributed by atoms with Crippen LogP contribution in [0.15, 0.2) is 47.1 Å². The Labute approximate surface area is 102 Å². The molecule has 0 radical (unpaired) electrons. The second-order valence-electron chi connectivity index (χ2n) is 4.36. The van der Waals surface area contributed by atoms with E-state index in [0.717, 1.165) is 24.8 Å². The molecule has 2 aromatic rings. The van der Waals surface area contributed by atoms with Crippen LogP contribution in [-0.2, 0) is 6.42 Å². The Bertz CT molecular complexity index is 445. The van der Waals surface area contributed by atoms with Gasteiger partial charge in [0.25, 0.3) is 0 Å². The van der Waals surface area contributed by atoms with Gasteiger partial charge in [0.1, 0.15) is 11.9 Å². The molecule has 0 saturated heterocycles. The molecule has 90 valence electrons. The highest BCUT2D eigenvalue weighted by atomic mass is 16.4. The van der Waals surface area contributed by atoms with Crippen LogP contribution in [0.25, 0.3) is 0 Å². The van der Waals surface area contributed by atoms with Crippen molar-refractivity contribution in [2.24, 2.45) is 0 Å². The van der Waals surface area contributed by atoms with Crippen molar-refractivity contribution in [2.45, 2.75) is 32.3 Å². The molecule has 0 aliphatic rings. The number of hydrogen-bond donors (Lipinski definition) is 1. The van der Waals surface area contributed by atoms with E-state index >= 15 is 0 Å². The number of aliphatic hydroxyl groups is 1. The summed E-state index contributed by atoms with van der Waals surface area (Å²) in [7, 11) is 0. The van der Waals surface area contributed by atoms with Crippen LogP contribution in [0.2, 0.25) is 0 Å². The smallest absolute Gasteiger partial charge is 0.135 e. The van der Waals surface area contributed by atoms with Crippen LogP contribution in [-0.4, -0.2) is 5.11 Å². The van der Waals surface area contributed by atoms with Crippen LogP contribution in [0, 0.1) is 6.92 Å². The average molecular weight is 230 g/mol. The fourth-order valence-electron chi connectivity index (χ4n) is 2.00. The molecule has 1 aromatic heterocycles. The molecule has 0 spiro atoms. The van der Waals surface area contributed by atoms with Gasteiger partial charge in [-0.25, -0.2) is 0 Å². The molecular formula is C15H18O2. The van der Waals surface area contributed by atoms with E-state index in [1.807, 2.05) is 31.2 Å². The highest BCUT2D eigenvalue weighted by Gasteiger charge is 2.13. The zero-order chi connectivity index (χ0) is 12.1. The summed E-state index contributed by atoms with van der Waals surface area (Å²) in [5, 5.41) is 9.97. The molecule has 1 heterocycles. The molecule has 17 heavy (non-hydrogen) atoms. The SMILES string of the molecule is Cc1ccoc1C(O)CCCc1ccccc1. The normalized spacial score (nSPS) is 12.6. The lowest BCUT2D eigenvalue weighted by Gasteiger charge is -2.08. The minimum atomic E-state index is -0.478. The molecule has 2 heteroatoms. The Balaban J connectivity index is 1.81. The standard InChI is InChI=1S/C15H18O2/c1-12-10-11-17-15(12)14(16)9-5-8-13-6-3-2-4-7-13/h2-4,6-7,10-11,14,16H,5,8-9H2,1H3. The Morgan fingerprint density at radius 1 is 1.18 bits per heavy atom. The van der Waals surface area contributed by atoms with Crippen molar-refractivity contribution in [1.82, 2.24) is 0 Å². The molecule has 1 aromatic carbocycles. The van der Waals surface area contributed by atoms with Gasteiger partial charge in [0.2, 0.25) is 0 Å². The minimum Gasteiger partial charge on any atom is -0.466 e. The third-order valence-corrected chi connectivity index (χ3v) is 2.99. The number of furan rings is 1. The number of rotatable bonds is 5. The van der Waals surface area contributed by atoms with Gasteiger partial charge in [-0.05, 0) is 43.4 Å². The van der Waals surface area contributed by atoms with E-state index < -0.39 is 6.10 Å². The number of aliphatic hydroxyl groups excluding tert-OH is 1. The van der Waals surface area contributed by atoms with Gasteiger partial charge in [-0.2, -0.15) is 0 Å². The fraction of sp³-hybridized carbons (Fsp3) is 0.333. The van der Waals surface area contributed by atoms with Gasteiger partial charge in [0.05, 0.1) is 6.26 Å².